The maximum Gasteiger partial charge on any atom is 0.191 e. The molecule has 0 aliphatic carbocycles. The normalized spacial score (nSPS) is 13.7. The number of aryl methyl sites for hydroxylation is 2. The first-order chi connectivity index (χ1) is 13.7. The van der Waals surface area contributed by atoms with E-state index in [2.05, 4.69) is 48.3 Å². The first-order valence-corrected chi connectivity index (χ1v) is 10.2. The van der Waals surface area contributed by atoms with E-state index in [1.165, 1.54) is 23.4 Å². The molecule has 1 aromatic heterocycles. The molecule has 0 amide bonds. The van der Waals surface area contributed by atoms with Crippen LogP contribution in [-0.2, 0) is 13.5 Å². The van der Waals surface area contributed by atoms with Gasteiger partial charge >= 0.3 is 0 Å². The fraction of sp³-hybridized carbons (Fsp3) is 0.545. The Hall–Kier alpha value is -1.68. The molecule has 8 heteroatoms. The van der Waals surface area contributed by atoms with Crippen molar-refractivity contribution in [3.8, 4) is 0 Å². The van der Waals surface area contributed by atoms with Crippen LogP contribution in [0.15, 0.2) is 29.3 Å². The van der Waals surface area contributed by atoms with Gasteiger partial charge in [0.2, 0.25) is 0 Å². The van der Waals surface area contributed by atoms with Gasteiger partial charge in [0, 0.05) is 25.3 Å². The van der Waals surface area contributed by atoms with E-state index in [1.54, 1.807) is 0 Å². The van der Waals surface area contributed by atoms with Gasteiger partial charge in [-0.05, 0) is 71.5 Å². The van der Waals surface area contributed by atoms with E-state index < -0.39 is 0 Å². The largest absolute Gasteiger partial charge is 0.357 e. The molecule has 0 saturated heterocycles. The Labute approximate surface area is 197 Å². The molecule has 1 heterocycles. The number of aliphatic imine (C=N–C) groups is 1. The van der Waals surface area contributed by atoms with E-state index in [-0.39, 0.29) is 41.9 Å². The summed E-state index contributed by atoms with van der Waals surface area (Å²) < 4.78 is 15.2. The number of rotatable bonds is 8. The predicted molar refractivity (Wildman–Crippen MR) is 133 cm³/mol. The first kappa shape index (κ1) is 26.4. The Balaban J connectivity index is 0.00000450. The molecule has 0 bridgehead atoms. The monoisotopic (exact) mass is 530 g/mol. The number of nitrogens with one attached hydrogen (secondary N) is 2. The van der Waals surface area contributed by atoms with Crippen LogP contribution < -0.4 is 10.6 Å². The average Bonchev–Trinajstić information content (AvgIpc) is 2.89. The first-order valence-electron chi connectivity index (χ1n) is 10.2. The van der Waals surface area contributed by atoms with Crippen molar-refractivity contribution in [1.82, 2.24) is 25.3 Å². The molecule has 0 spiro atoms. The second kappa shape index (κ2) is 12.2. The van der Waals surface area contributed by atoms with Gasteiger partial charge in [-0.3, -0.25) is 9.67 Å². The predicted octanol–water partition coefficient (Wildman–Crippen LogP) is 3.58. The van der Waals surface area contributed by atoms with E-state index in [9.17, 15) is 4.39 Å². The molecule has 2 N–H and O–H groups in total. The van der Waals surface area contributed by atoms with Crippen molar-refractivity contribution in [3.05, 3.63) is 52.6 Å². The zero-order chi connectivity index (χ0) is 21.6. The lowest BCUT2D eigenvalue weighted by Gasteiger charge is -2.24. The SMILES string of the molecule is CCNC(=NCC(c1ccc(F)cc1)N(C)C)NC(C)Cc1c(C)nn(C)c1C.I. The highest BCUT2D eigenvalue weighted by Gasteiger charge is 2.16. The molecule has 1 aromatic carbocycles. The van der Waals surface area contributed by atoms with Crippen molar-refractivity contribution in [2.24, 2.45) is 12.0 Å². The summed E-state index contributed by atoms with van der Waals surface area (Å²) in [6.07, 6.45) is 0.880. The molecule has 6 nitrogen and oxygen atoms in total. The number of hydrogen-bond donors (Lipinski definition) is 2. The van der Waals surface area contributed by atoms with Crippen LogP contribution in [-0.4, -0.2) is 53.9 Å². The lowest BCUT2D eigenvalue weighted by molar-refractivity contribution is 0.306. The molecule has 0 aliphatic rings. The lowest BCUT2D eigenvalue weighted by atomic mass is 10.1. The molecule has 0 aliphatic heterocycles. The van der Waals surface area contributed by atoms with Crippen LogP contribution in [0.5, 0.6) is 0 Å². The molecule has 2 aromatic rings. The molecule has 0 radical (unpaired) electrons. The minimum atomic E-state index is -0.223. The van der Waals surface area contributed by atoms with E-state index >= 15 is 0 Å². The molecule has 2 atom stereocenters. The van der Waals surface area contributed by atoms with Crippen molar-refractivity contribution in [3.63, 3.8) is 0 Å². The number of halogens is 2. The van der Waals surface area contributed by atoms with Crippen molar-refractivity contribution >= 4 is 29.9 Å². The highest BCUT2D eigenvalue weighted by Crippen LogP contribution is 2.19. The second-order valence-electron chi connectivity index (χ2n) is 7.77. The van der Waals surface area contributed by atoms with Crippen LogP contribution in [0.1, 0.15) is 42.4 Å². The van der Waals surface area contributed by atoms with E-state index in [1.807, 2.05) is 38.0 Å². The van der Waals surface area contributed by atoms with Gasteiger partial charge in [0.25, 0.3) is 0 Å². The number of likely N-dealkylation sites (N-methyl/N-ethyl adjacent to an activating group) is 1. The molecule has 30 heavy (non-hydrogen) atoms. The Kier molecular flexibility index (Phi) is 10.8. The molecule has 2 unspecified atom stereocenters. The smallest absolute Gasteiger partial charge is 0.191 e. The highest BCUT2D eigenvalue weighted by atomic mass is 127. The van der Waals surface area contributed by atoms with Crippen molar-refractivity contribution in [1.29, 1.82) is 0 Å². The quantitative estimate of drug-likeness (QED) is 0.311. The van der Waals surface area contributed by atoms with Crippen LogP contribution in [0.25, 0.3) is 0 Å². The van der Waals surface area contributed by atoms with Crippen LogP contribution in [0.2, 0.25) is 0 Å². The van der Waals surface area contributed by atoms with Crippen LogP contribution in [0.4, 0.5) is 4.39 Å². The number of benzene rings is 1. The lowest BCUT2D eigenvalue weighted by Crippen LogP contribution is -2.43. The summed E-state index contributed by atoms with van der Waals surface area (Å²) in [5.74, 6) is 0.563. The van der Waals surface area contributed by atoms with Gasteiger partial charge in [-0.1, -0.05) is 12.1 Å². The van der Waals surface area contributed by atoms with Gasteiger partial charge in [0.15, 0.2) is 5.96 Å². The molecular weight excluding hydrogens is 494 g/mol. The zero-order valence-electron chi connectivity index (χ0n) is 19.2. The standard InChI is InChI=1S/C22H35FN6.HI/c1-8-24-22(26-15(2)13-20-16(3)27-29(7)17(20)4)25-14-21(28(5)6)18-9-11-19(23)12-10-18;/h9-12,15,21H,8,13-14H2,1-7H3,(H2,24,25,26);1H. The molecule has 0 fully saturated rings. The van der Waals surface area contributed by atoms with Crippen LogP contribution in [0, 0.1) is 19.7 Å². The zero-order valence-corrected chi connectivity index (χ0v) is 21.5. The summed E-state index contributed by atoms with van der Waals surface area (Å²) in [6.45, 7) is 9.73. The van der Waals surface area contributed by atoms with Crippen LogP contribution in [0.3, 0.4) is 0 Å². The number of nitrogens with zero attached hydrogens (tertiary/aromatic N) is 4. The summed E-state index contributed by atoms with van der Waals surface area (Å²) in [7, 11) is 6.01. The summed E-state index contributed by atoms with van der Waals surface area (Å²) >= 11 is 0. The fourth-order valence-corrected chi connectivity index (χ4v) is 3.45. The topological polar surface area (TPSA) is 57.5 Å². The molecular formula is C22H36FIN6. The molecule has 168 valence electrons. The second-order valence-corrected chi connectivity index (χ2v) is 7.77. The van der Waals surface area contributed by atoms with E-state index in [4.69, 9.17) is 4.99 Å². The number of hydrogen-bond acceptors (Lipinski definition) is 3. The summed E-state index contributed by atoms with van der Waals surface area (Å²) in [6, 6.07) is 6.93. The highest BCUT2D eigenvalue weighted by molar-refractivity contribution is 14.0. The third-order valence-electron chi connectivity index (χ3n) is 5.20. The minimum Gasteiger partial charge on any atom is -0.357 e. The maximum atomic E-state index is 13.3. The summed E-state index contributed by atoms with van der Waals surface area (Å²) in [5.41, 5.74) is 4.60. The van der Waals surface area contributed by atoms with Gasteiger partial charge in [-0.25, -0.2) is 4.39 Å². The van der Waals surface area contributed by atoms with Gasteiger partial charge < -0.3 is 15.5 Å². The summed E-state index contributed by atoms with van der Waals surface area (Å²) in [4.78, 5) is 6.91. The van der Waals surface area contributed by atoms with Gasteiger partial charge in [0.1, 0.15) is 5.82 Å². The third kappa shape index (κ3) is 7.23. The maximum absolute atomic E-state index is 13.3. The Morgan fingerprint density at radius 3 is 2.37 bits per heavy atom. The molecule has 2 rings (SSSR count). The van der Waals surface area contributed by atoms with Crippen molar-refractivity contribution in [2.75, 3.05) is 27.2 Å². The molecule has 0 saturated carbocycles. The summed E-state index contributed by atoms with van der Waals surface area (Å²) in [5, 5.41) is 11.3. The third-order valence-corrected chi connectivity index (χ3v) is 5.20. The Bertz CT molecular complexity index is 816. The van der Waals surface area contributed by atoms with E-state index in [0.29, 0.717) is 6.54 Å². The van der Waals surface area contributed by atoms with E-state index in [0.717, 1.165) is 30.2 Å². The Morgan fingerprint density at radius 1 is 1.23 bits per heavy atom. The van der Waals surface area contributed by atoms with Crippen molar-refractivity contribution < 1.29 is 4.39 Å². The van der Waals surface area contributed by atoms with Gasteiger partial charge in [-0.15, -0.1) is 24.0 Å². The van der Waals surface area contributed by atoms with Crippen LogP contribution >= 0.6 is 24.0 Å². The number of guanidine groups is 1. The Morgan fingerprint density at radius 2 is 1.87 bits per heavy atom. The average molecular weight is 530 g/mol. The van der Waals surface area contributed by atoms with Gasteiger partial charge in [-0.2, -0.15) is 5.10 Å². The van der Waals surface area contributed by atoms with Crippen molar-refractivity contribution in [2.45, 2.75) is 46.2 Å². The fourth-order valence-electron chi connectivity index (χ4n) is 3.45. The number of aromatic nitrogens is 2. The minimum absolute atomic E-state index is 0. The van der Waals surface area contributed by atoms with Gasteiger partial charge in [0.05, 0.1) is 18.3 Å².